The molecule has 0 aromatic heterocycles. The predicted molar refractivity (Wildman–Crippen MR) is 80.3 cm³/mol. The molecule has 0 amide bonds. The molecule has 2 saturated carbocycles. The van der Waals surface area contributed by atoms with Gasteiger partial charge in [0.15, 0.2) is 0 Å². The van der Waals surface area contributed by atoms with E-state index in [1.54, 1.807) is 13.1 Å². The maximum Gasteiger partial charge on any atom is 0.315 e. The lowest BCUT2D eigenvalue weighted by atomic mass is 10.2. The van der Waals surface area contributed by atoms with Gasteiger partial charge in [0.25, 0.3) is 0 Å². The van der Waals surface area contributed by atoms with Gasteiger partial charge in [-0.2, -0.15) is 0 Å². The SMILES string of the molecule is CNc1cccc(N(CC2CC2)CC2CC2)c1[N+](=O)[O-]. The van der Waals surface area contributed by atoms with Gasteiger partial charge in [-0.1, -0.05) is 6.07 Å². The van der Waals surface area contributed by atoms with Crippen molar-refractivity contribution in [3.8, 4) is 0 Å². The smallest absolute Gasteiger partial charge is 0.315 e. The van der Waals surface area contributed by atoms with E-state index in [0.29, 0.717) is 5.69 Å². The van der Waals surface area contributed by atoms with E-state index in [9.17, 15) is 10.1 Å². The highest BCUT2D eigenvalue weighted by Crippen LogP contribution is 2.40. The highest BCUT2D eigenvalue weighted by molar-refractivity contribution is 5.77. The first-order valence-electron chi connectivity index (χ1n) is 7.39. The summed E-state index contributed by atoms with van der Waals surface area (Å²) in [5, 5.41) is 14.4. The summed E-state index contributed by atoms with van der Waals surface area (Å²) in [7, 11) is 1.73. The molecule has 2 aliphatic carbocycles. The van der Waals surface area contributed by atoms with E-state index in [4.69, 9.17) is 0 Å². The van der Waals surface area contributed by atoms with E-state index in [0.717, 1.165) is 30.6 Å². The molecule has 0 atom stereocenters. The van der Waals surface area contributed by atoms with Crippen molar-refractivity contribution in [2.75, 3.05) is 30.4 Å². The van der Waals surface area contributed by atoms with Gasteiger partial charge in [0.05, 0.1) is 4.92 Å². The second-order valence-corrected chi connectivity index (χ2v) is 5.97. The van der Waals surface area contributed by atoms with Crippen molar-refractivity contribution < 1.29 is 4.92 Å². The highest BCUT2D eigenvalue weighted by Gasteiger charge is 2.32. The molecule has 20 heavy (non-hydrogen) atoms. The number of nitrogens with one attached hydrogen (secondary N) is 1. The van der Waals surface area contributed by atoms with Crippen LogP contribution in [0.5, 0.6) is 0 Å². The van der Waals surface area contributed by atoms with Gasteiger partial charge in [-0.15, -0.1) is 0 Å². The fraction of sp³-hybridized carbons (Fsp3) is 0.600. The summed E-state index contributed by atoms with van der Waals surface area (Å²) in [5.41, 5.74) is 1.60. The third-order valence-corrected chi connectivity index (χ3v) is 4.16. The Hall–Kier alpha value is -1.78. The predicted octanol–water partition coefficient (Wildman–Crippen LogP) is 3.26. The zero-order valence-electron chi connectivity index (χ0n) is 11.8. The van der Waals surface area contributed by atoms with Crippen LogP contribution in [-0.4, -0.2) is 25.1 Å². The second-order valence-electron chi connectivity index (χ2n) is 5.97. The van der Waals surface area contributed by atoms with Gasteiger partial charge in [0.1, 0.15) is 11.4 Å². The van der Waals surface area contributed by atoms with E-state index in [1.165, 1.54) is 25.7 Å². The average molecular weight is 275 g/mol. The maximum absolute atomic E-state index is 11.4. The summed E-state index contributed by atoms with van der Waals surface area (Å²) in [6, 6.07) is 5.57. The summed E-state index contributed by atoms with van der Waals surface area (Å²) >= 11 is 0. The highest BCUT2D eigenvalue weighted by atomic mass is 16.6. The minimum atomic E-state index is -0.256. The van der Waals surface area contributed by atoms with E-state index in [-0.39, 0.29) is 10.6 Å². The first-order valence-corrected chi connectivity index (χ1v) is 7.39. The van der Waals surface area contributed by atoms with Crippen molar-refractivity contribution in [3.05, 3.63) is 28.3 Å². The van der Waals surface area contributed by atoms with Crippen LogP contribution in [0.3, 0.4) is 0 Å². The molecular weight excluding hydrogens is 254 g/mol. The van der Waals surface area contributed by atoms with Gasteiger partial charge in [-0.05, 0) is 49.7 Å². The van der Waals surface area contributed by atoms with Crippen LogP contribution < -0.4 is 10.2 Å². The first-order chi connectivity index (χ1) is 9.69. The van der Waals surface area contributed by atoms with Crippen LogP contribution in [0.15, 0.2) is 18.2 Å². The standard InChI is InChI=1S/C15H21N3O2/c1-16-13-3-2-4-14(15(13)18(19)20)17(9-11-5-6-11)10-12-7-8-12/h2-4,11-12,16H,5-10H2,1H3. The van der Waals surface area contributed by atoms with Gasteiger partial charge in [0.2, 0.25) is 0 Å². The maximum atomic E-state index is 11.4. The van der Waals surface area contributed by atoms with E-state index < -0.39 is 0 Å². The minimum absolute atomic E-state index is 0.219. The molecule has 0 heterocycles. The Balaban J connectivity index is 1.92. The van der Waals surface area contributed by atoms with Crippen LogP contribution in [0.1, 0.15) is 25.7 Å². The zero-order chi connectivity index (χ0) is 14.1. The second kappa shape index (κ2) is 5.31. The van der Waals surface area contributed by atoms with Crippen LogP contribution in [0.4, 0.5) is 17.1 Å². The molecule has 0 aliphatic heterocycles. The summed E-state index contributed by atoms with van der Waals surface area (Å²) in [5.74, 6) is 1.46. The van der Waals surface area contributed by atoms with Crippen LogP contribution in [-0.2, 0) is 0 Å². The lowest BCUT2D eigenvalue weighted by Crippen LogP contribution is -2.28. The summed E-state index contributed by atoms with van der Waals surface area (Å²) in [6.07, 6.45) is 5.06. The minimum Gasteiger partial charge on any atom is -0.382 e. The van der Waals surface area contributed by atoms with E-state index >= 15 is 0 Å². The molecule has 1 aromatic rings. The molecule has 0 radical (unpaired) electrons. The Labute approximate surface area is 119 Å². The van der Waals surface area contributed by atoms with Gasteiger partial charge in [-0.3, -0.25) is 10.1 Å². The molecular formula is C15H21N3O2. The Bertz CT molecular complexity index is 496. The molecule has 0 saturated heterocycles. The van der Waals surface area contributed by atoms with Crippen molar-refractivity contribution in [1.29, 1.82) is 0 Å². The Kier molecular flexibility index (Phi) is 3.51. The lowest BCUT2D eigenvalue weighted by Gasteiger charge is -2.25. The first kappa shape index (κ1) is 13.2. The number of anilines is 2. The van der Waals surface area contributed by atoms with Crippen molar-refractivity contribution >= 4 is 17.1 Å². The molecule has 1 N–H and O–H groups in total. The van der Waals surface area contributed by atoms with Crippen molar-refractivity contribution in [1.82, 2.24) is 0 Å². The fourth-order valence-corrected chi connectivity index (χ4v) is 2.68. The molecule has 5 nitrogen and oxygen atoms in total. The summed E-state index contributed by atoms with van der Waals surface area (Å²) in [4.78, 5) is 13.4. The molecule has 2 aliphatic rings. The zero-order valence-corrected chi connectivity index (χ0v) is 11.8. The molecule has 0 unspecified atom stereocenters. The normalized spacial score (nSPS) is 17.9. The Morgan fingerprint density at radius 2 is 1.85 bits per heavy atom. The number of hydrogen-bond donors (Lipinski definition) is 1. The lowest BCUT2D eigenvalue weighted by molar-refractivity contribution is -0.383. The number of para-hydroxylation sites is 1. The Morgan fingerprint density at radius 3 is 2.30 bits per heavy atom. The number of nitro groups is 1. The van der Waals surface area contributed by atoms with Gasteiger partial charge < -0.3 is 10.2 Å². The van der Waals surface area contributed by atoms with Crippen LogP contribution in [0.2, 0.25) is 0 Å². The summed E-state index contributed by atoms with van der Waals surface area (Å²) < 4.78 is 0. The number of hydrogen-bond acceptors (Lipinski definition) is 4. The fourth-order valence-electron chi connectivity index (χ4n) is 2.68. The van der Waals surface area contributed by atoms with Crippen molar-refractivity contribution in [2.45, 2.75) is 25.7 Å². The Morgan fingerprint density at radius 1 is 1.25 bits per heavy atom. The number of rotatable bonds is 7. The van der Waals surface area contributed by atoms with E-state index in [2.05, 4.69) is 10.2 Å². The average Bonchev–Trinajstić information content (AvgIpc) is 3.32. The largest absolute Gasteiger partial charge is 0.382 e. The van der Waals surface area contributed by atoms with Gasteiger partial charge >= 0.3 is 5.69 Å². The van der Waals surface area contributed by atoms with Gasteiger partial charge in [0, 0.05) is 20.1 Å². The van der Waals surface area contributed by atoms with E-state index in [1.807, 2.05) is 12.1 Å². The van der Waals surface area contributed by atoms with Crippen LogP contribution in [0, 0.1) is 22.0 Å². The number of benzene rings is 1. The quantitative estimate of drug-likeness (QED) is 0.613. The number of nitro benzene ring substituents is 1. The third-order valence-electron chi connectivity index (χ3n) is 4.16. The van der Waals surface area contributed by atoms with Crippen LogP contribution >= 0.6 is 0 Å². The summed E-state index contributed by atoms with van der Waals surface area (Å²) in [6.45, 7) is 1.93. The molecule has 1 aromatic carbocycles. The molecule has 108 valence electrons. The molecule has 2 fully saturated rings. The number of nitrogens with zero attached hydrogens (tertiary/aromatic N) is 2. The van der Waals surface area contributed by atoms with Gasteiger partial charge in [-0.25, -0.2) is 0 Å². The van der Waals surface area contributed by atoms with Crippen molar-refractivity contribution in [2.24, 2.45) is 11.8 Å². The monoisotopic (exact) mass is 275 g/mol. The third kappa shape index (κ3) is 2.86. The topological polar surface area (TPSA) is 58.4 Å². The van der Waals surface area contributed by atoms with Crippen LogP contribution in [0.25, 0.3) is 0 Å². The molecule has 0 spiro atoms. The molecule has 5 heteroatoms. The molecule has 3 rings (SSSR count). The molecule has 0 bridgehead atoms. The van der Waals surface area contributed by atoms with Crippen molar-refractivity contribution in [3.63, 3.8) is 0 Å².